The molecule has 4 aromatic rings. The molecule has 1 unspecified atom stereocenters. The first-order valence-electron chi connectivity index (χ1n) is 14.1. The second kappa shape index (κ2) is 14.4. The van der Waals surface area contributed by atoms with Crippen molar-refractivity contribution in [2.24, 2.45) is 0 Å². The predicted molar refractivity (Wildman–Crippen MR) is 172 cm³/mol. The van der Waals surface area contributed by atoms with Crippen LogP contribution in [-0.2, 0) is 32.6 Å². The number of halogens is 1. The highest BCUT2D eigenvalue weighted by Gasteiger charge is 2.34. The molecule has 0 saturated heterocycles. The Balaban J connectivity index is 1.79. The molecular formula is C34H36ClN3O4S. The zero-order valence-electron chi connectivity index (χ0n) is 24.5. The van der Waals surface area contributed by atoms with E-state index in [9.17, 15) is 18.0 Å². The van der Waals surface area contributed by atoms with Crippen LogP contribution in [-0.4, -0.2) is 44.3 Å². The Kier molecular flexibility index (Phi) is 10.6. The highest BCUT2D eigenvalue weighted by molar-refractivity contribution is 7.92. The van der Waals surface area contributed by atoms with Crippen molar-refractivity contribution in [2.45, 2.75) is 44.7 Å². The number of benzene rings is 4. The quantitative estimate of drug-likeness (QED) is 0.214. The summed E-state index contributed by atoms with van der Waals surface area (Å²) in [7, 11) is -4.14. The van der Waals surface area contributed by atoms with Gasteiger partial charge in [-0.3, -0.25) is 13.9 Å². The molecular weight excluding hydrogens is 582 g/mol. The van der Waals surface area contributed by atoms with Crippen LogP contribution in [0.15, 0.2) is 108 Å². The molecule has 1 N–H and O–H groups in total. The molecule has 43 heavy (non-hydrogen) atoms. The summed E-state index contributed by atoms with van der Waals surface area (Å²) in [5.41, 5.74) is 3.74. The van der Waals surface area contributed by atoms with Gasteiger partial charge in [0.15, 0.2) is 0 Å². The lowest BCUT2D eigenvalue weighted by Gasteiger charge is -2.34. The summed E-state index contributed by atoms with van der Waals surface area (Å²) in [6.07, 6.45) is 0.251. The van der Waals surface area contributed by atoms with Gasteiger partial charge in [0.05, 0.1) is 10.6 Å². The average molecular weight is 618 g/mol. The third kappa shape index (κ3) is 8.24. The van der Waals surface area contributed by atoms with Crippen LogP contribution in [0.4, 0.5) is 5.69 Å². The lowest BCUT2D eigenvalue weighted by molar-refractivity contribution is -0.140. The van der Waals surface area contributed by atoms with Crippen LogP contribution in [0.1, 0.15) is 29.2 Å². The van der Waals surface area contributed by atoms with Crippen molar-refractivity contribution in [3.8, 4) is 0 Å². The summed E-state index contributed by atoms with van der Waals surface area (Å²) in [6.45, 7) is 5.51. The molecule has 7 nitrogen and oxygen atoms in total. The number of hydrogen-bond acceptors (Lipinski definition) is 4. The Bertz CT molecular complexity index is 1640. The van der Waals surface area contributed by atoms with Crippen molar-refractivity contribution >= 4 is 39.1 Å². The molecule has 0 spiro atoms. The van der Waals surface area contributed by atoms with Gasteiger partial charge in [0, 0.05) is 24.5 Å². The Hall–Kier alpha value is -4.14. The first-order valence-corrected chi connectivity index (χ1v) is 15.9. The second-order valence-corrected chi connectivity index (χ2v) is 12.7. The van der Waals surface area contributed by atoms with Crippen molar-refractivity contribution in [2.75, 3.05) is 17.4 Å². The average Bonchev–Trinajstić information content (AvgIpc) is 2.99. The molecule has 4 aromatic carbocycles. The number of sulfonamides is 1. The lowest BCUT2D eigenvalue weighted by atomic mass is 10.0. The fraction of sp³-hybridized carbons (Fsp3) is 0.235. The summed E-state index contributed by atoms with van der Waals surface area (Å²) >= 11 is 6.12. The van der Waals surface area contributed by atoms with Crippen molar-refractivity contribution in [3.05, 3.63) is 130 Å². The first kappa shape index (κ1) is 31.8. The van der Waals surface area contributed by atoms with Crippen molar-refractivity contribution in [1.82, 2.24) is 10.2 Å². The molecule has 224 valence electrons. The predicted octanol–water partition coefficient (Wildman–Crippen LogP) is 5.93. The third-order valence-corrected chi connectivity index (χ3v) is 9.11. The number of rotatable bonds is 12. The zero-order chi connectivity index (χ0) is 31.0. The maximum atomic E-state index is 14.4. The van der Waals surface area contributed by atoms with Crippen LogP contribution in [0, 0.1) is 13.8 Å². The fourth-order valence-electron chi connectivity index (χ4n) is 4.78. The molecule has 0 aliphatic rings. The molecule has 1 atom stereocenters. The van der Waals surface area contributed by atoms with Crippen LogP contribution in [0.5, 0.6) is 0 Å². The van der Waals surface area contributed by atoms with Crippen LogP contribution < -0.4 is 9.62 Å². The van der Waals surface area contributed by atoms with E-state index < -0.39 is 28.5 Å². The SMILES string of the molecule is CCNC(=O)C(Cc1ccccc1)N(Cc1ccc(Cl)cc1)C(=O)CN(c1cccc(C)c1)S(=O)(=O)c1ccc(C)cc1. The normalized spacial score (nSPS) is 11.9. The van der Waals surface area contributed by atoms with E-state index in [1.54, 1.807) is 54.6 Å². The monoisotopic (exact) mass is 617 g/mol. The summed E-state index contributed by atoms with van der Waals surface area (Å²) in [5.74, 6) is -0.837. The van der Waals surface area contributed by atoms with E-state index in [0.717, 1.165) is 26.6 Å². The highest BCUT2D eigenvalue weighted by atomic mass is 35.5. The molecule has 4 rings (SSSR count). The lowest BCUT2D eigenvalue weighted by Crippen LogP contribution is -2.53. The van der Waals surface area contributed by atoms with Gasteiger partial charge in [0.2, 0.25) is 11.8 Å². The number of carbonyl (C=O) groups excluding carboxylic acids is 2. The summed E-state index contributed by atoms with van der Waals surface area (Å²) in [5, 5.41) is 3.41. The van der Waals surface area contributed by atoms with Crippen molar-refractivity contribution < 1.29 is 18.0 Å². The van der Waals surface area contributed by atoms with Gasteiger partial charge in [-0.1, -0.05) is 83.9 Å². The van der Waals surface area contributed by atoms with E-state index in [4.69, 9.17) is 11.6 Å². The minimum absolute atomic E-state index is 0.0706. The van der Waals surface area contributed by atoms with E-state index in [1.165, 1.54) is 17.0 Å². The smallest absolute Gasteiger partial charge is 0.264 e. The summed E-state index contributed by atoms with van der Waals surface area (Å²) in [4.78, 5) is 29.4. The number of likely N-dealkylation sites (N-methyl/N-ethyl adjacent to an activating group) is 1. The molecule has 0 fully saturated rings. The molecule has 0 aromatic heterocycles. The van der Waals surface area contributed by atoms with Gasteiger partial charge < -0.3 is 10.2 Å². The topological polar surface area (TPSA) is 86.8 Å². The standard InChI is InChI=1S/C34H36ClN3O4S/c1-4-36-34(40)32(22-27-10-6-5-7-11-27)37(23-28-15-17-29(35)18-16-28)33(39)24-38(30-12-8-9-26(3)21-30)43(41,42)31-19-13-25(2)14-20-31/h5-21,32H,4,22-24H2,1-3H3,(H,36,40). The second-order valence-electron chi connectivity index (χ2n) is 10.4. The Labute approximate surface area is 259 Å². The van der Waals surface area contributed by atoms with E-state index in [2.05, 4.69) is 5.32 Å². The largest absolute Gasteiger partial charge is 0.355 e. The third-order valence-electron chi connectivity index (χ3n) is 7.07. The number of amides is 2. The molecule has 2 amide bonds. The highest BCUT2D eigenvalue weighted by Crippen LogP contribution is 2.26. The number of carbonyl (C=O) groups is 2. The Morgan fingerprint density at radius 3 is 2.12 bits per heavy atom. The van der Waals surface area contributed by atoms with Crippen LogP contribution in [0.25, 0.3) is 0 Å². The van der Waals surface area contributed by atoms with Crippen LogP contribution >= 0.6 is 11.6 Å². The first-order chi connectivity index (χ1) is 20.6. The number of aryl methyl sites for hydroxylation is 2. The Morgan fingerprint density at radius 2 is 1.49 bits per heavy atom. The minimum atomic E-state index is -4.14. The number of anilines is 1. The van der Waals surface area contributed by atoms with E-state index in [1.807, 2.05) is 57.2 Å². The number of nitrogens with one attached hydrogen (secondary N) is 1. The van der Waals surface area contributed by atoms with Gasteiger partial charge in [-0.05, 0) is 73.9 Å². The van der Waals surface area contributed by atoms with Crippen molar-refractivity contribution in [1.29, 1.82) is 0 Å². The van der Waals surface area contributed by atoms with Gasteiger partial charge in [0.25, 0.3) is 10.0 Å². The van der Waals surface area contributed by atoms with Crippen LogP contribution in [0.3, 0.4) is 0 Å². The maximum absolute atomic E-state index is 14.4. The molecule has 0 saturated carbocycles. The van der Waals surface area contributed by atoms with Gasteiger partial charge in [0.1, 0.15) is 12.6 Å². The fourth-order valence-corrected chi connectivity index (χ4v) is 6.31. The molecule has 0 heterocycles. The summed E-state index contributed by atoms with van der Waals surface area (Å²) < 4.78 is 29.3. The number of hydrogen-bond donors (Lipinski definition) is 1. The molecule has 0 aliphatic heterocycles. The number of nitrogens with zero attached hydrogens (tertiary/aromatic N) is 2. The molecule has 0 radical (unpaired) electrons. The maximum Gasteiger partial charge on any atom is 0.264 e. The summed E-state index contributed by atoms with van der Waals surface area (Å²) in [6, 6.07) is 29.1. The van der Waals surface area contributed by atoms with Gasteiger partial charge in [-0.25, -0.2) is 8.42 Å². The van der Waals surface area contributed by atoms with Crippen molar-refractivity contribution in [3.63, 3.8) is 0 Å². The van der Waals surface area contributed by atoms with E-state index >= 15 is 0 Å². The Morgan fingerprint density at radius 1 is 0.814 bits per heavy atom. The minimum Gasteiger partial charge on any atom is -0.355 e. The zero-order valence-corrected chi connectivity index (χ0v) is 26.1. The van der Waals surface area contributed by atoms with Gasteiger partial charge >= 0.3 is 0 Å². The molecule has 0 aliphatic carbocycles. The van der Waals surface area contributed by atoms with Gasteiger partial charge in [-0.15, -0.1) is 0 Å². The van der Waals surface area contributed by atoms with E-state index in [-0.39, 0.29) is 23.8 Å². The van der Waals surface area contributed by atoms with Crippen LogP contribution in [0.2, 0.25) is 5.02 Å². The molecule has 9 heteroatoms. The van der Waals surface area contributed by atoms with Gasteiger partial charge in [-0.2, -0.15) is 0 Å². The van der Waals surface area contributed by atoms with E-state index in [0.29, 0.717) is 17.3 Å². The molecule has 0 bridgehead atoms.